The highest BCUT2D eigenvalue weighted by molar-refractivity contribution is 5.82. The second-order valence-electron chi connectivity index (χ2n) is 25.5. The fourth-order valence-corrected chi connectivity index (χ4v) is 18.4. The number of aromatic hydroxyl groups is 6. The summed E-state index contributed by atoms with van der Waals surface area (Å²) in [4.78, 5) is 19.0. The molecule has 12 atom stereocenters. The number of nitrogens with two attached hydrogens (primary N) is 1. The van der Waals surface area contributed by atoms with Crippen LogP contribution in [0.3, 0.4) is 0 Å². The van der Waals surface area contributed by atoms with Crippen molar-refractivity contribution in [1.82, 2.24) is 4.98 Å². The van der Waals surface area contributed by atoms with Crippen LogP contribution in [0.25, 0.3) is 11.3 Å². The second kappa shape index (κ2) is 20.4. The Hall–Kier alpha value is -6.67. The number of rotatable bonds is 15. The number of aliphatic hydroxyl groups is 2. The molecule has 1 spiro atoms. The molecule has 5 saturated carbocycles. The van der Waals surface area contributed by atoms with Crippen molar-refractivity contribution in [1.29, 1.82) is 0 Å². The monoisotopic (exact) mass is 1080 g/mol. The predicted molar refractivity (Wildman–Crippen MR) is 302 cm³/mol. The van der Waals surface area contributed by atoms with Crippen LogP contribution in [0.2, 0.25) is 0 Å². The average molecular weight is 1090 g/mol. The number of benzene rings is 5. The number of hydrogen-bond acceptors (Lipinski definition) is 12. The number of carbonyl (C=O) groups excluding carboxylic acids is 1. The van der Waals surface area contributed by atoms with Crippen LogP contribution in [0, 0.1) is 40.9 Å². The Kier molecular flexibility index (Phi) is 13.4. The molecule has 8 aliphatic rings. The lowest BCUT2D eigenvalue weighted by Crippen LogP contribution is -2.53. The van der Waals surface area contributed by atoms with Gasteiger partial charge in [0.1, 0.15) is 36.4 Å². The van der Waals surface area contributed by atoms with Gasteiger partial charge in [-0.15, -0.1) is 0 Å². The fraction of sp³-hybridized carbons (Fsp3) is 0.478. The summed E-state index contributed by atoms with van der Waals surface area (Å²) >= 11 is 0. The molecule has 5 aromatic carbocycles. The summed E-state index contributed by atoms with van der Waals surface area (Å²) in [6.07, 6.45) is 14.3. The molecule has 0 radical (unpaired) electrons. The topological polar surface area (TPSA) is 239 Å². The molecular weight excluding hydrogens is 1010 g/mol. The number of phenolic OH excluding ortho intramolecular Hbond substituents is 6. The molecule has 13 nitrogen and oxygen atoms in total. The molecule has 5 fully saturated rings. The van der Waals surface area contributed by atoms with Gasteiger partial charge in [0.05, 0.1) is 11.7 Å². The van der Waals surface area contributed by atoms with E-state index in [1.54, 1.807) is 48.5 Å². The first-order valence-electron chi connectivity index (χ1n) is 29.5. The van der Waals surface area contributed by atoms with Gasteiger partial charge in [-0.25, -0.2) is 0 Å². The number of carbonyl (C=O) groups is 1. The number of aromatic nitrogens is 1. The van der Waals surface area contributed by atoms with E-state index in [4.69, 9.17) is 15.2 Å². The van der Waals surface area contributed by atoms with Gasteiger partial charge in [-0.2, -0.15) is 0 Å². The third kappa shape index (κ3) is 8.79. The zero-order valence-corrected chi connectivity index (χ0v) is 45.4. The lowest BCUT2D eigenvalue weighted by atomic mass is 9.47. The van der Waals surface area contributed by atoms with Gasteiger partial charge in [-0.3, -0.25) is 10.5 Å². The van der Waals surface area contributed by atoms with Gasteiger partial charge >= 0.3 is 0 Å². The molecule has 14 rings (SSSR count). The van der Waals surface area contributed by atoms with Gasteiger partial charge in [-0.1, -0.05) is 61.4 Å². The van der Waals surface area contributed by atoms with Crippen molar-refractivity contribution in [2.24, 2.45) is 46.7 Å². The molecule has 0 saturated heterocycles. The van der Waals surface area contributed by atoms with Crippen molar-refractivity contribution in [2.45, 2.75) is 151 Å². The molecule has 6 aromatic rings. The lowest BCUT2D eigenvalue weighted by Gasteiger charge is -2.56. The Morgan fingerprint density at radius 1 is 0.762 bits per heavy atom. The third-order valence-corrected chi connectivity index (χ3v) is 21.6. The predicted octanol–water partition coefficient (Wildman–Crippen LogP) is 11.8. The highest BCUT2D eigenvalue weighted by Crippen LogP contribution is 2.77. The van der Waals surface area contributed by atoms with E-state index in [9.17, 15) is 40.9 Å². The fourth-order valence-electron chi connectivity index (χ4n) is 18.4. The Morgan fingerprint density at radius 2 is 1.59 bits per heavy atom. The van der Waals surface area contributed by atoms with Crippen molar-refractivity contribution in [3.8, 4) is 57.3 Å². The molecular formula is C67H76N2O11. The maximum Gasteiger partial charge on any atom is 0.200 e. The van der Waals surface area contributed by atoms with Crippen LogP contribution in [-0.4, -0.2) is 70.1 Å². The normalized spacial score (nSPS) is 30.5. The Morgan fingerprint density at radius 3 is 2.40 bits per heavy atom. The van der Waals surface area contributed by atoms with Crippen LogP contribution >= 0.6 is 0 Å². The summed E-state index contributed by atoms with van der Waals surface area (Å²) < 4.78 is 12.2. The number of hydrogen-bond donors (Lipinski definition) is 10. The summed E-state index contributed by atoms with van der Waals surface area (Å²) in [5, 5.41) is 92.6. The van der Waals surface area contributed by atoms with E-state index in [1.807, 2.05) is 6.07 Å². The number of phenols is 6. The number of ketones is 1. The lowest BCUT2D eigenvalue weighted by molar-refractivity contribution is -0.136. The van der Waals surface area contributed by atoms with Gasteiger partial charge in [0, 0.05) is 52.8 Å². The number of aromatic amines is 1. The van der Waals surface area contributed by atoms with Crippen molar-refractivity contribution in [2.75, 3.05) is 6.73 Å². The minimum atomic E-state index is -1.12. The molecule has 0 amide bonds. The van der Waals surface area contributed by atoms with Crippen molar-refractivity contribution >= 4 is 5.78 Å². The van der Waals surface area contributed by atoms with E-state index in [2.05, 4.69) is 41.5 Å². The van der Waals surface area contributed by atoms with Crippen molar-refractivity contribution < 1.29 is 55.1 Å². The number of Topliss-reactive ketones (excluding diaryl/α,β-unsaturated/α-hetero) is 1. The zero-order valence-electron chi connectivity index (χ0n) is 45.4. The van der Waals surface area contributed by atoms with Crippen LogP contribution in [0.5, 0.6) is 46.0 Å². The molecule has 2 bridgehead atoms. The quantitative estimate of drug-likeness (QED) is 0.0341. The van der Waals surface area contributed by atoms with Gasteiger partial charge in [0.25, 0.3) is 0 Å². The molecule has 0 aliphatic heterocycles. The smallest absolute Gasteiger partial charge is 0.200 e. The van der Waals surface area contributed by atoms with Gasteiger partial charge < -0.3 is 55.3 Å². The summed E-state index contributed by atoms with van der Waals surface area (Å²) in [7, 11) is 0. The summed E-state index contributed by atoms with van der Waals surface area (Å²) in [6.45, 7) is -0.128. The minimum absolute atomic E-state index is 0.00505. The molecule has 11 N–H and O–H groups in total. The minimum Gasteiger partial charge on any atom is -0.508 e. The second-order valence-corrected chi connectivity index (χ2v) is 25.5. The van der Waals surface area contributed by atoms with Gasteiger partial charge in [0.2, 0.25) is 5.75 Å². The standard InChI is InChI=1S/C67H76N2O11/c68-36-80-56-27-37(11-15-53(56)73)10-14-52(72)48-29-41(28-40-12-13-44(71)32-54(40)74)47-30-42-31-51(58(59(47)61(48)76)49-33-55(75)62(77)63(57(42)49)79-35-39-6-5-7-43(70)26-39)67-24-23-65(21-16-38(34-65)17-22-66(78)19-3-4-20-66)64(67)46-18-25-69-60(46)45-8-1-2-9-50(45)67/h1-2,5-9,11-13,15,18,25-27,32-33,38,41-42,47-48,51,58-59,61,64,69-71,73-78H,3-4,10,14,16-17,19-24,28-31,34-36,68H2/t38-,41-,42+,47-,48+,51+,58+,59-,61+,64-,65+,67-/m1/s1. The number of nitrogens with one attached hydrogen (secondary N) is 1. The first-order chi connectivity index (χ1) is 38.7. The maximum atomic E-state index is 15.3. The Bertz CT molecular complexity index is 3330. The van der Waals surface area contributed by atoms with E-state index in [1.165, 1.54) is 28.8 Å². The first-order valence-corrected chi connectivity index (χ1v) is 29.5. The van der Waals surface area contributed by atoms with Gasteiger partial charge in [0.15, 0.2) is 23.0 Å². The van der Waals surface area contributed by atoms with Crippen LogP contribution in [0.4, 0.5) is 0 Å². The molecule has 80 heavy (non-hydrogen) atoms. The molecule has 8 aliphatic carbocycles. The highest BCUT2D eigenvalue weighted by Gasteiger charge is 2.69. The van der Waals surface area contributed by atoms with Crippen LogP contribution in [0.15, 0.2) is 103 Å². The molecule has 0 unspecified atom stereocenters. The largest absolute Gasteiger partial charge is 0.508 e. The van der Waals surface area contributed by atoms with Crippen LogP contribution in [0.1, 0.15) is 153 Å². The van der Waals surface area contributed by atoms with Gasteiger partial charge in [-0.05, 0) is 213 Å². The maximum absolute atomic E-state index is 15.3. The SMILES string of the molecule is NCOc1cc(CCC(=O)[C@@H]2C[C@@H](Cc3ccc(O)cc3O)[C@H]3C[C@H]4C[C@H]([C@]56CC[C@]7(CC[C@H](CCC8(O)CCCC8)C7)[C@H]5c5cc[nH]c5-c5ccccc56)[C@H](c5cc(O)c(O)c(OCc6cccc(O)c6)c54)[C@@H]3[C@H]2O)ccc1O. The molecule has 1 aromatic heterocycles. The van der Waals surface area contributed by atoms with E-state index in [-0.39, 0.29) is 107 Å². The summed E-state index contributed by atoms with van der Waals surface area (Å²) in [6, 6.07) is 29.4. The molecule has 1 heterocycles. The van der Waals surface area contributed by atoms with E-state index >= 15 is 4.79 Å². The van der Waals surface area contributed by atoms with Crippen LogP contribution < -0.4 is 15.2 Å². The number of aryl methyl sites for hydroxylation is 1. The Balaban J connectivity index is 0.972. The first kappa shape index (κ1) is 52.7. The number of H-pyrrole nitrogens is 1. The van der Waals surface area contributed by atoms with E-state index in [0.29, 0.717) is 49.1 Å². The van der Waals surface area contributed by atoms with E-state index in [0.717, 1.165) is 93.0 Å². The molecule has 13 heteroatoms. The molecule has 420 valence electrons. The van der Waals surface area contributed by atoms with Crippen LogP contribution in [-0.2, 0) is 29.7 Å². The average Bonchev–Trinajstić information content (AvgIpc) is 4.43. The Labute approximate surface area is 467 Å². The number of aliphatic hydroxyl groups excluding tert-OH is 1. The highest BCUT2D eigenvalue weighted by atomic mass is 16.5. The zero-order chi connectivity index (χ0) is 55.2. The number of fused-ring (bicyclic) bond motifs is 9. The summed E-state index contributed by atoms with van der Waals surface area (Å²) in [5.41, 5.74) is 13.2. The van der Waals surface area contributed by atoms with Crippen molar-refractivity contribution in [3.63, 3.8) is 0 Å². The van der Waals surface area contributed by atoms with E-state index < -0.39 is 34.9 Å². The summed E-state index contributed by atoms with van der Waals surface area (Å²) in [5.74, 6) is -2.51. The third-order valence-electron chi connectivity index (χ3n) is 21.6. The number of ether oxygens (including phenoxy) is 2. The van der Waals surface area contributed by atoms with Crippen molar-refractivity contribution in [3.05, 3.63) is 142 Å².